The Balaban J connectivity index is 1.93. The van der Waals surface area contributed by atoms with Gasteiger partial charge >= 0.3 is 0 Å². The third kappa shape index (κ3) is 3.24. The summed E-state index contributed by atoms with van der Waals surface area (Å²) in [4.78, 5) is 40.9. The molecule has 0 spiro atoms. The van der Waals surface area contributed by atoms with E-state index >= 15 is 0 Å². The third-order valence-electron chi connectivity index (χ3n) is 4.58. The minimum atomic E-state index is -0.856. The molecule has 0 N–H and O–H groups in total. The molecule has 0 aliphatic carbocycles. The van der Waals surface area contributed by atoms with Crippen molar-refractivity contribution in [3.05, 3.63) is 53.4 Å². The minimum absolute atomic E-state index is 0.0573. The van der Waals surface area contributed by atoms with Gasteiger partial charge in [0.25, 0.3) is 11.8 Å². The summed E-state index contributed by atoms with van der Waals surface area (Å²) in [6.07, 6.45) is 1.99. The second kappa shape index (κ2) is 7.33. The van der Waals surface area contributed by atoms with Crippen LogP contribution in [-0.2, 0) is 9.59 Å². The van der Waals surface area contributed by atoms with Gasteiger partial charge in [0.05, 0.1) is 18.4 Å². The standard InChI is InChI=1S/C19H19ClN2O4/c1-3-12(2)21(19(25)16-5-4-10-26-16)15-11-17(23)22(18(15)24)14-8-6-13(20)7-9-14/h4-10,12,15H,3,11H2,1-2H3. The average molecular weight is 375 g/mol. The lowest BCUT2D eigenvalue weighted by molar-refractivity contribution is -0.122. The van der Waals surface area contributed by atoms with Crippen LogP contribution in [0.3, 0.4) is 0 Å². The Bertz CT molecular complexity index is 817. The summed E-state index contributed by atoms with van der Waals surface area (Å²) < 4.78 is 5.20. The molecule has 2 aromatic rings. The van der Waals surface area contributed by atoms with E-state index in [0.29, 0.717) is 17.1 Å². The van der Waals surface area contributed by atoms with E-state index in [2.05, 4.69) is 0 Å². The number of amides is 3. The predicted molar refractivity (Wildman–Crippen MR) is 97.0 cm³/mol. The lowest BCUT2D eigenvalue weighted by Crippen LogP contribution is -2.49. The van der Waals surface area contributed by atoms with Gasteiger partial charge in [-0.15, -0.1) is 0 Å². The molecule has 6 nitrogen and oxygen atoms in total. The summed E-state index contributed by atoms with van der Waals surface area (Å²) in [5.74, 6) is -1.01. The molecule has 1 saturated heterocycles. The first-order chi connectivity index (χ1) is 12.4. The predicted octanol–water partition coefficient (Wildman–Crippen LogP) is 3.51. The first kappa shape index (κ1) is 18.2. The number of furan rings is 1. The van der Waals surface area contributed by atoms with Gasteiger partial charge < -0.3 is 9.32 Å². The number of nitrogens with zero attached hydrogens (tertiary/aromatic N) is 2. The van der Waals surface area contributed by atoms with Crippen LogP contribution in [-0.4, -0.2) is 34.7 Å². The van der Waals surface area contributed by atoms with Crippen LogP contribution in [0.4, 0.5) is 5.69 Å². The summed E-state index contributed by atoms with van der Waals surface area (Å²) >= 11 is 5.88. The molecule has 1 aromatic carbocycles. The monoisotopic (exact) mass is 374 g/mol. The fourth-order valence-corrected chi connectivity index (χ4v) is 3.19. The zero-order chi connectivity index (χ0) is 18.8. The Labute approximate surface area is 156 Å². The molecule has 1 aromatic heterocycles. The van der Waals surface area contributed by atoms with E-state index < -0.39 is 17.9 Å². The van der Waals surface area contributed by atoms with Crippen LogP contribution in [0.5, 0.6) is 0 Å². The second-order valence-corrected chi connectivity index (χ2v) is 6.65. The fraction of sp³-hybridized carbons (Fsp3) is 0.316. The Kier molecular flexibility index (Phi) is 5.13. The van der Waals surface area contributed by atoms with Gasteiger partial charge in [-0.3, -0.25) is 14.4 Å². The lowest BCUT2D eigenvalue weighted by Gasteiger charge is -2.32. The number of hydrogen-bond donors (Lipinski definition) is 0. The highest BCUT2D eigenvalue weighted by Crippen LogP contribution is 2.29. The molecule has 1 fully saturated rings. The molecule has 2 atom stereocenters. The van der Waals surface area contributed by atoms with Crippen molar-refractivity contribution in [2.45, 2.75) is 38.8 Å². The van der Waals surface area contributed by atoms with E-state index in [4.69, 9.17) is 16.0 Å². The van der Waals surface area contributed by atoms with Crippen LogP contribution in [0.2, 0.25) is 5.02 Å². The summed E-state index contributed by atoms with van der Waals surface area (Å²) in [6.45, 7) is 3.77. The highest BCUT2D eigenvalue weighted by Gasteiger charge is 2.46. The number of hydrogen-bond acceptors (Lipinski definition) is 4. The number of rotatable bonds is 5. The van der Waals surface area contributed by atoms with Crippen molar-refractivity contribution in [2.75, 3.05) is 4.90 Å². The Morgan fingerprint density at radius 1 is 1.31 bits per heavy atom. The molecule has 7 heteroatoms. The van der Waals surface area contributed by atoms with Crippen molar-refractivity contribution in [1.29, 1.82) is 0 Å². The maximum Gasteiger partial charge on any atom is 0.290 e. The van der Waals surface area contributed by atoms with E-state index in [-0.39, 0.29) is 24.1 Å². The van der Waals surface area contributed by atoms with Crippen molar-refractivity contribution in [2.24, 2.45) is 0 Å². The zero-order valence-electron chi connectivity index (χ0n) is 14.5. The van der Waals surface area contributed by atoms with E-state index in [0.717, 1.165) is 4.90 Å². The van der Waals surface area contributed by atoms with Gasteiger partial charge in [0, 0.05) is 11.1 Å². The van der Waals surface area contributed by atoms with Crippen molar-refractivity contribution >= 4 is 35.0 Å². The molecular formula is C19H19ClN2O4. The van der Waals surface area contributed by atoms with Crippen molar-refractivity contribution in [1.82, 2.24) is 4.90 Å². The molecule has 2 heterocycles. The fourth-order valence-electron chi connectivity index (χ4n) is 3.07. The normalized spacial score (nSPS) is 18.3. The van der Waals surface area contributed by atoms with Crippen molar-refractivity contribution in [3.8, 4) is 0 Å². The van der Waals surface area contributed by atoms with E-state index in [1.165, 1.54) is 11.2 Å². The van der Waals surface area contributed by atoms with Crippen molar-refractivity contribution in [3.63, 3.8) is 0 Å². The number of halogens is 1. The molecule has 136 valence electrons. The molecule has 2 unspecified atom stereocenters. The minimum Gasteiger partial charge on any atom is -0.459 e. The highest BCUT2D eigenvalue weighted by molar-refractivity contribution is 6.31. The molecule has 0 saturated carbocycles. The highest BCUT2D eigenvalue weighted by atomic mass is 35.5. The van der Waals surface area contributed by atoms with Gasteiger partial charge in [-0.1, -0.05) is 18.5 Å². The van der Waals surface area contributed by atoms with E-state index in [1.807, 2.05) is 13.8 Å². The maximum atomic E-state index is 13.0. The van der Waals surface area contributed by atoms with Crippen LogP contribution in [0, 0.1) is 0 Å². The molecule has 3 rings (SSSR count). The van der Waals surface area contributed by atoms with Crippen LogP contribution in [0.15, 0.2) is 47.1 Å². The molecule has 0 bridgehead atoms. The van der Waals surface area contributed by atoms with Crippen LogP contribution in [0.1, 0.15) is 37.2 Å². The molecule has 0 radical (unpaired) electrons. The molecule has 3 amide bonds. The topological polar surface area (TPSA) is 70.8 Å². The van der Waals surface area contributed by atoms with Gasteiger partial charge in [0.1, 0.15) is 6.04 Å². The molecule has 1 aliphatic heterocycles. The third-order valence-corrected chi connectivity index (χ3v) is 4.83. The van der Waals surface area contributed by atoms with Crippen LogP contribution >= 0.6 is 11.6 Å². The molecule has 26 heavy (non-hydrogen) atoms. The van der Waals surface area contributed by atoms with E-state index in [9.17, 15) is 14.4 Å². The molecular weight excluding hydrogens is 356 g/mol. The quantitative estimate of drug-likeness (QED) is 0.751. The first-order valence-electron chi connectivity index (χ1n) is 8.42. The summed E-state index contributed by atoms with van der Waals surface area (Å²) in [5, 5.41) is 0.513. The van der Waals surface area contributed by atoms with Gasteiger partial charge in [-0.05, 0) is 49.7 Å². The van der Waals surface area contributed by atoms with Crippen LogP contribution in [0.25, 0.3) is 0 Å². The Morgan fingerprint density at radius 3 is 2.58 bits per heavy atom. The smallest absolute Gasteiger partial charge is 0.290 e. The summed E-state index contributed by atoms with van der Waals surface area (Å²) in [5.41, 5.74) is 0.446. The SMILES string of the molecule is CCC(C)N(C(=O)c1ccco1)C1CC(=O)N(c2ccc(Cl)cc2)C1=O. The van der Waals surface area contributed by atoms with Crippen molar-refractivity contribution < 1.29 is 18.8 Å². The largest absolute Gasteiger partial charge is 0.459 e. The second-order valence-electron chi connectivity index (χ2n) is 6.21. The van der Waals surface area contributed by atoms with Gasteiger partial charge in [0.2, 0.25) is 5.91 Å². The number of benzene rings is 1. The number of anilines is 1. The Morgan fingerprint density at radius 2 is 2.00 bits per heavy atom. The molecule has 1 aliphatic rings. The zero-order valence-corrected chi connectivity index (χ0v) is 15.3. The average Bonchev–Trinajstić information content (AvgIpc) is 3.25. The summed E-state index contributed by atoms with van der Waals surface area (Å²) in [7, 11) is 0. The summed E-state index contributed by atoms with van der Waals surface area (Å²) in [6, 6.07) is 8.55. The van der Waals surface area contributed by atoms with E-state index in [1.54, 1.807) is 36.4 Å². The Hall–Kier alpha value is -2.60. The lowest BCUT2D eigenvalue weighted by atomic mass is 10.1. The van der Waals surface area contributed by atoms with Gasteiger partial charge in [0.15, 0.2) is 5.76 Å². The maximum absolute atomic E-state index is 13.0. The number of carbonyl (C=O) groups excluding carboxylic acids is 3. The van der Waals surface area contributed by atoms with Gasteiger partial charge in [-0.25, -0.2) is 4.90 Å². The number of carbonyl (C=O) groups is 3. The van der Waals surface area contributed by atoms with Crippen LogP contribution < -0.4 is 4.90 Å². The van der Waals surface area contributed by atoms with Gasteiger partial charge in [-0.2, -0.15) is 0 Å². The first-order valence-corrected chi connectivity index (χ1v) is 8.80. The number of imide groups is 1.